The van der Waals surface area contributed by atoms with Crippen molar-refractivity contribution in [2.75, 3.05) is 13.2 Å². The molecule has 0 bridgehead atoms. The van der Waals surface area contributed by atoms with Gasteiger partial charge in [-0.1, -0.05) is 0 Å². The number of nitro groups is 1. The minimum Gasteiger partial charge on any atom is -0.463 e. The lowest BCUT2D eigenvalue weighted by molar-refractivity contribution is -0.384. The molecule has 0 aliphatic carbocycles. The molecular formula is C32H39NO20. The van der Waals surface area contributed by atoms with Crippen molar-refractivity contribution in [3.8, 4) is 5.75 Å². The van der Waals surface area contributed by atoms with Crippen LogP contribution in [0.1, 0.15) is 48.5 Å². The van der Waals surface area contributed by atoms with E-state index < -0.39 is 121 Å². The molecule has 10 atom stereocenters. The van der Waals surface area contributed by atoms with E-state index in [1.54, 1.807) is 0 Å². The molecule has 0 unspecified atom stereocenters. The van der Waals surface area contributed by atoms with Crippen molar-refractivity contribution in [3.05, 3.63) is 34.4 Å². The van der Waals surface area contributed by atoms with Gasteiger partial charge < -0.3 is 52.1 Å². The van der Waals surface area contributed by atoms with E-state index >= 15 is 0 Å². The van der Waals surface area contributed by atoms with Gasteiger partial charge in [-0.25, -0.2) is 0 Å². The fourth-order valence-electron chi connectivity index (χ4n) is 5.35. The normalized spacial score (nSPS) is 27.9. The molecule has 0 N–H and O–H groups in total. The topological polar surface area (TPSA) is 264 Å². The van der Waals surface area contributed by atoms with Crippen LogP contribution in [0.4, 0.5) is 5.69 Å². The molecule has 2 aliphatic heterocycles. The lowest BCUT2D eigenvalue weighted by Crippen LogP contribution is -2.67. The van der Waals surface area contributed by atoms with Crippen molar-refractivity contribution in [2.45, 2.75) is 110 Å². The Balaban J connectivity index is 2.16. The number of non-ortho nitro benzene ring substituents is 1. The zero-order valence-corrected chi connectivity index (χ0v) is 29.6. The van der Waals surface area contributed by atoms with E-state index in [-0.39, 0.29) is 11.4 Å². The van der Waals surface area contributed by atoms with Gasteiger partial charge in [0.15, 0.2) is 30.7 Å². The van der Waals surface area contributed by atoms with Crippen LogP contribution in [0.15, 0.2) is 24.3 Å². The second-order valence-electron chi connectivity index (χ2n) is 11.5. The largest absolute Gasteiger partial charge is 0.463 e. The van der Waals surface area contributed by atoms with Gasteiger partial charge in [-0.15, -0.1) is 0 Å². The highest BCUT2D eigenvalue weighted by atomic mass is 16.8. The Morgan fingerprint density at radius 3 is 1.36 bits per heavy atom. The first-order chi connectivity index (χ1) is 24.9. The number of carbonyl (C=O) groups is 7. The molecule has 3 rings (SSSR count). The van der Waals surface area contributed by atoms with Crippen LogP contribution in [0.25, 0.3) is 0 Å². The van der Waals surface area contributed by atoms with Gasteiger partial charge in [0, 0.05) is 60.6 Å². The zero-order valence-electron chi connectivity index (χ0n) is 29.6. The first kappa shape index (κ1) is 42.0. The number of esters is 7. The van der Waals surface area contributed by atoms with Gasteiger partial charge in [0.1, 0.15) is 37.3 Å². The third-order valence-corrected chi connectivity index (χ3v) is 7.19. The van der Waals surface area contributed by atoms with E-state index in [1.807, 2.05) is 0 Å². The molecule has 0 radical (unpaired) electrons. The molecule has 2 heterocycles. The molecule has 0 saturated carbocycles. The highest BCUT2D eigenvalue weighted by Crippen LogP contribution is 2.36. The van der Waals surface area contributed by atoms with Crippen molar-refractivity contribution in [1.29, 1.82) is 0 Å². The fourth-order valence-corrected chi connectivity index (χ4v) is 5.35. The SMILES string of the molecule is CC(=O)OC[C@H]1O[C@@H](O[C@H]2[C@H](OC(C)=O)[C@@H](OC(C)=O)[C@H](Oc3ccc([N+](=O)[O-])cc3)O[C@@H]2COC(C)=O)[C@H](OC(C)=O)[C@@H](OC(C)=O)[C@@H]1OC(C)=O. The Labute approximate surface area is 301 Å². The summed E-state index contributed by atoms with van der Waals surface area (Å²) in [6.07, 6.45) is -16.4. The van der Waals surface area contributed by atoms with Crippen LogP contribution in [0.2, 0.25) is 0 Å². The summed E-state index contributed by atoms with van der Waals surface area (Å²) in [5.41, 5.74) is -0.276. The molecule has 292 valence electrons. The molecule has 0 amide bonds. The van der Waals surface area contributed by atoms with Gasteiger partial charge in [0.05, 0.1) is 4.92 Å². The quantitative estimate of drug-likeness (QED) is 0.109. The Morgan fingerprint density at radius 1 is 0.547 bits per heavy atom. The van der Waals surface area contributed by atoms with Gasteiger partial charge in [-0.2, -0.15) is 0 Å². The lowest BCUT2D eigenvalue weighted by atomic mass is 9.96. The maximum atomic E-state index is 12.5. The highest BCUT2D eigenvalue weighted by molar-refractivity contribution is 5.69. The average molecular weight is 758 g/mol. The molecule has 2 saturated heterocycles. The van der Waals surface area contributed by atoms with E-state index in [0.29, 0.717) is 0 Å². The third-order valence-electron chi connectivity index (χ3n) is 7.19. The molecule has 53 heavy (non-hydrogen) atoms. The third kappa shape index (κ3) is 12.4. The number of benzene rings is 1. The second-order valence-corrected chi connectivity index (χ2v) is 11.5. The van der Waals surface area contributed by atoms with Gasteiger partial charge in [-0.05, 0) is 12.1 Å². The van der Waals surface area contributed by atoms with Gasteiger partial charge in [0.2, 0.25) is 12.4 Å². The maximum absolute atomic E-state index is 12.5. The van der Waals surface area contributed by atoms with Crippen molar-refractivity contribution < 1.29 is 90.6 Å². The van der Waals surface area contributed by atoms with Gasteiger partial charge in [0.25, 0.3) is 5.69 Å². The number of rotatable bonds is 14. The summed E-state index contributed by atoms with van der Waals surface area (Å²) in [7, 11) is 0. The minimum absolute atomic E-state index is 0.0236. The van der Waals surface area contributed by atoms with Crippen LogP contribution >= 0.6 is 0 Å². The number of ether oxygens (including phenoxy) is 11. The Hall–Kier alpha value is -5.41. The zero-order chi connectivity index (χ0) is 39.6. The van der Waals surface area contributed by atoms with E-state index in [4.69, 9.17) is 52.1 Å². The fraction of sp³-hybridized carbons (Fsp3) is 0.594. The van der Waals surface area contributed by atoms with Crippen LogP contribution < -0.4 is 4.74 Å². The molecule has 2 aliphatic rings. The molecule has 0 spiro atoms. The summed E-state index contributed by atoms with van der Waals surface area (Å²) in [6, 6.07) is 4.67. The Bertz CT molecular complexity index is 1530. The predicted octanol–water partition coefficient (Wildman–Crippen LogP) is 0.593. The number of hydrogen-bond donors (Lipinski definition) is 0. The summed E-state index contributed by atoms with van der Waals surface area (Å²) < 4.78 is 61.9. The van der Waals surface area contributed by atoms with Crippen LogP contribution in [0, 0.1) is 10.1 Å². The molecule has 0 aromatic heterocycles. The average Bonchev–Trinajstić information content (AvgIpc) is 3.03. The molecule has 1 aromatic carbocycles. The van der Waals surface area contributed by atoms with Crippen LogP contribution in [-0.4, -0.2) is 121 Å². The Morgan fingerprint density at radius 2 is 0.925 bits per heavy atom. The first-order valence-corrected chi connectivity index (χ1v) is 15.9. The molecule has 21 nitrogen and oxygen atoms in total. The van der Waals surface area contributed by atoms with Gasteiger partial charge >= 0.3 is 41.8 Å². The second kappa shape index (κ2) is 18.9. The predicted molar refractivity (Wildman–Crippen MR) is 167 cm³/mol. The number of nitrogens with zero attached hydrogens (tertiary/aromatic N) is 1. The minimum atomic E-state index is -1.85. The summed E-state index contributed by atoms with van der Waals surface area (Å²) in [4.78, 5) is 96.0. The maximum Gasteiger partial charge on any atom is 0.303 e. The van der Waals surface area contributed by atoms with Gasteiger partial charge in [-0.3, -0.25) is 43.7 Å². The number of carbonyl (C=O) groups excluding carboxylic acids is 7. The first-order valence-electron chi connectivity index (χ1n) is 15.9. The standard InChI is InChI=1S/C32H39NO20/c1-14(34)43-12-23-25(45-16(3)36)27(46-17(4)37)30(49-20(7)40)32(52-23)53-26-24(13-44-15(2)35)51-31(29(48-19(6)39)28(26)47-18(5)38)50-22-10-8-21(9-11-22)33(41)42/h8-11,23-32H,12-13H2,1-7H3/t23-,24-,25-,26-,27+,28+,29-,30-,31-,32+/m1/s1. The summed E-state index contributed by atoms with van der Waals surface area (Å²) in [5.74, 6) is -6.22. The molecule has 2 fully saturated rings. The smallest absolute Gasteiger partial charge is 0.303 e. The van der Waals surface area contributed by atoms with E-state index in [2.05, 4.69) is 0 Å². The highest BCUT2D eigenvalue weighted by Gasteiger charge is 2.58. The summed E-state index contributed by atoms with van der Waals surface area (Å²) in [5, 5.41) is 11.2. The molecule has 21 heteroatoms. The Kier molecular flexibility index (Phi) is 15.0. The van der Waals surface area contributed by atoms with Crippen molar-refractivity contribution in [1.82, 2.24) is 0 Å². The number of hydrogen-bond acceptors (Lipinski definition) is 20. The van der Waals surface area contributed by atoms with Crippen molar-refractivity contribution in [2.24, 2.45) is 0 Å². The summed E-state index contributed by atoms with van der Waals surface area (Å²) >= 11 is 0. The van der Waals surface area contributed by atoms with E-state index in [1.165, 1.54) is 12.1 Å². The van der Waals surface area contributed by atoms with Crippen LogP contribution in [-0.2, 0) is 80.9 Å². The molecule has 1 aromatic rings. The van der Waals surface area contributed by atoms with Crippen molar-refractivity contribution in [3.63, 3.8) is 0 Å². The number of nitro benzene ring substituents is 1. The monoisotopic (exact) mass is 757 g/mol. The summed E-state index contributed by atoms with van der Waals surface area (Å²) in [6.45, 7) is 6.00. The lowest BCUT2D eigenvalue weighted by Gasteiger charge is -2.48. The molecular weight excluding hydrogens is 718 g/mol. The van der Waals surface area contributed by atoms with E-state index in [9.17, 15) is 43.7 Å². The van der Waals surface area contributed by atoms with E-state index in [0.717, 1.165) is 60.6 Å². The van der Waals surface area contributed by atoms with Crippen LogP contribution in [0.5, 0.6) is 5.75 Å². The van der Waals surface area contributed by atoms with Crippen LogP contribution in [0.3, 0.4) is 0 Å². The van der Waals surface area contributed by atoms with Crippen molar-refractivity contribution >= 4 is 47.5 Å².